The first-order valence-corrected chi connectivity index (χ1v) is 9.15. The second-order valence-corrected chi connectivity index (χ2v) is 6.88. The Kier molecular flexibility index (Phi) is 5.62. The van der Waals surface area contributed by atoms with Crippen molar-refractivity contribution in [1.82, 2.24) is 9.88 Å². The van der Waals surface area contributed by atoms with Gasteiger partial charge in [-0.15, -0.1) is 11.3 Å². The zero-order chi connectivity index (χ0) is 18.5. The van der Waals surface area contributed by atoms with Crippen LogP contribution in [0, 0.1) is 0 Å². The fraction of sp³-hybridized carbons (Fsp3) is 0.333. The summed E-state index contributed by atoms with van der Waals surface area (Å²) >= 11 is 1.28. The van der Waals surface area contributed by atoms with Crippen molar-refractivity contribution in [3.63, 3.8) is 0 Å². The number of aromatic nitrogens is 1. The van der Waals surface area contributed by atoms with Crippen LogP contribution in [0.3, 0.4) is 0 Å². The second kappa shape index (κ2) is 8.09. The molecule has 2 aromatic rings. The molecule has 2 heterocycles. The van der Waals surface area contributed by atoms with Crippen LogP contribution in [0.1, 0.15) is 41.4 Å². The highest BCUT2D eigenvalue weighted by molar-refractivity contribution is 7.13. The first-order valence-electron chi connectivity index (χ1n) is 8.27. The number of carbonyl (C=O) groups excluding carboxylic acids is 3. The first kappa shape index (κ1) is 18.1. The molecule has 1 saturated heterocycles. The molecule has 26 heavy (non-hydrogen) atoms. The van der Waals surface area contributed by atoms with Gasteiger partial charge in [0.1, 0.15) is 6.61 Å². The largest absolute Gasteiger partial charge is 0.456 e. The van der Waals surface area contributed by atoms with Gasteiger partial charge in [0.15, 0.2) is 5.13 Å². The van der Waals surface area contributed by atoms with Crippen LogP contribution in [0.2, 0.25) is 0 Å². The van der Waals surface area contributed by atoms with Gasteiger partial charge in [-0.3, -0.25) is 9.59 Å². The van der Waals surface area contributed by atoms with E-state index in [9.17, 15) is 14.4 Å². The molecular weight excluding hydrogens is 354 g/mol. The molecule has 8 heteroatoms. The molecule has 0 atom stereocenters. The Morgan fingerprint density at radius 1 is 1.31 bits per heavy atom. The third kappa shape index (κ3) is 4.66. The van der Waals surface area contributed by atoms with Crippen LogP contribution in [0.15, 0.2) is 29.6 Å². The van der Waals surface area contributed by atoms with Gasteiger partial charge in [0.05, 0.1) is 11.3 Å². The van der Waals surface area contributed by atoms with Crippen LogP contribution in [-0.4, -0.2) is 34.2 Å². The summed E-state index contributed by atoms with van der Waals surface area (Å²) in [4.78, 5) is 40.8. The van der Waals surface area contributed by atoms with Crippen molar-refractivity contribution in [1.29, 1.82) is 0 Å². The SMILES string of the molecule is CC(=O)Nc1nc(COC(=O)c2ccc(CN3CCCC3=O)cc2)cs1. The summed E-state index contributed by atoms with van der Waals surface area (Å²) in [7, 11) is 0. The number of likely N-dealkylation sites (tertiary alicyclic amines) is 1. The molecular formula is C18H19N3O4S. The molecule has 1 fully saturated rings. The van der Waals surface area contributed by atoms with Crippen molar-refractivity contribution in [3.05, 3.63) is 46.5 Å². The quantitative estimate of drug-likeness (QED) is 0.786. The predicted molar refractivity (Wildman–Crippen MR) is 96.6 cm³/mol. The monoisotopic (exact) mass is 373 g/mol. The van der Waals surface area contributed by atoms with E-state index in [2.05, 4.69) is 10.3 Å². The number of rotatable bonds is 6. The molecule has 0 spiro atoms. The number of hydrogen-bond acceptors (Lipinski definition) is 6. The number of benzene rings is 1. The van der Waals surface area contributed by atoms with E-state index in [-0.39, 0.29) is 18.4 Å². The number of hydrogen-bond donors (Lipinski definition) is 1. The molecule has 0 radical (unpaired) electrons. The van der Waals surface area contributed by atoms with Crippen molar-refractivity contribution in [3.8, 4) is 0 Å². The highest BCUT2D eigenvalue weighted by Gasteiger charge is 2.20. The van der Waals surface area contributed by atoms with E-state index >= 15 is 0 Å². The van der Waals surface area contributed by atoms with Crippen LogP contribution in [0.25, 0.3) is 0 Å². The van der Waals surface area contributed by atoms with Crippen LogP contribution in [0.4, 0.5) is 5.13 Å². The van der Waals surface area contributed by atoms with Gasteiger partial charge in [-0.25, -0.2) is 9.78 Å². The topological polar surface area (TPSA) is 88.6 Å². The van der Waals surface area contributed by atoms with E-state index in [1.165, 1.54) is 18.3 Å². The molecule has 1 aliphatic rings. The predicted octanol–water partition coefficient (Wildman–Crippen LogP) is 2.58. The van der Waals surface area contributed by atoms with Gasteiger partial charge in [0.2, 0.25) is 11.8 Å². The number of nitrogens with zero attached hydrogens (tertiary/aromatic N) is 2. The Morgan fingerprint density at radius 3 is 2.73 bits per heavy atom. The third-order valence-electron chi connectivity index (χ3n) is 3.92. The maximum Gasteiger partial charge on any atom is 0.338 e. The van der Waals surface area contributed by atoms with Crippen molar-refractivity contribution in [2.24, 2.45) is 0 Å². The summed E-state index contributed by atoms with van der Waals surface area (Å²) in [6.45, 7) is 2.80. The average molecular weight is 373 g/mol. The summed E-state index contributed by atoms with van der Waals surface area (Å²) in [6.07, 6.45) is 1.52. The molecule has 0 bridgehead atoms. The molecule has 7 nitrogen and oxygen atoms in total. The fourth-order valence-corrected chi connectivity index (χ4v) is 3.38. The molecule has 0 unspecified atom stereocenters. The highest BCUT2D eigenvalue weighted by atomic mass is 32.1. The molecule has 1 aromatic carbocycles. The van der Waals surface area contributed by atoms with Crippen molar-refractivity contribution in [2.75, 3.05) is 11.9 Å². The summed E-state index contributed by atoms with van der Waals surface area (Å²) < 4.78 is 5.25. The zero-order valence-corrected chi connectivity index (χ0v) is 15.2. The van der Waals surface area contributed by atoms with Crippen molar-refractivity contribution in [2.45, 2.75) is 32.9 Å². The molecule has 1 N–H and O–H groups in total. The maximum absolute atomic E-state index is 12.1. The molecule has 3 rings (SSSR count). The van der Waals surface area contributed by atoms with Gasteiger partial charge in [0, 0.05) is 31.8 Å². The van der Waals surface area contributed by atoms with E-state index in [4.69, 9.17) is 4.74 Å². The minimum atomic E-state index is -0.442. The van der Waals surface area contributed by atoms with E-state index < -0.39 is 5.97 Å². The van der Waals surface area contributed by atoms with E-state index in [0.717, 1.165) is 18.5 Å². The number of esters is 1. The van der Waals surface area contributed by atoms with E-state index in [1.807, 2.05) is 17.0 Å². The maximum atomic E-state index is 12.1. The lowest BCUT2D eigenvalue weighted by Gasteiger charge is -2.15. The standard InChI is InChI=1S/C18H19N3O4S/c1-12(22)19-18-20-15(11-26-18)10-25-17(24)14-6-4-13(5-7-14)9-21-8-2-3-16(21)23/h4-7,11H,2-3,8-10H2,1H3,(H,19,20,22). The molecule has 2 amide bonds. The summed E-state index contributed by atoms with van der Waals surface area (Å²) in [5.41, 5.74) is 2.01. The highest BCUT2D eigenvalue weighted by Crippen LogP contribution is 2.17. The number of anilines is 1. The molecule has 1 aromatic heterocycles. The Morgan fingerprint density at radius 2 is 2.08 bits per heavy atom. The normalized spacial score (nSPS) is 13.7. The van der Waals surface area contributed by atoms with E-state index in [1.54, 1.807) is 17.5 Å². The minimum absolute atomic E-state index is 0.0406. The molecule has 0 aliphatic carbocycles. The smallest absolute Gasteiger partial charge is 0.338 e. The van der Waals surface area contributed by atoms with Crippen LogP contribution >= 0.6 is 11.3 Å². The number of amides is 2. The van der Waals surface area contributed by atoms with Crippen LogP contribution in [0.5, 0.6) is 0 Å². The zero-order valence-electron chi connectivity index (χ0n) is 14.4. The van der Waals surface area contributed by atoms with Crippen LogP contribution < -0.4 is 5.32 Å². The first-order chi connectivity index (χ1) is 12.5. The van der Waals surface area contributed by atoms with Gasteiger partial charge in [0.25, 0.3) is 0 Å². The van der Waals surface area contributed by atoms with Crippen molar-refractivity contribution >= 4 is 34.3 Å². The average Bonchev–Trinajstić information content (AvgIpc) is 3.22. The van der Waals surface area contributed by atoms with E-state index in [0.29, 0.717) is 29.4 Å². The number of nitrogens with one attached hydrogen (secondary N) is 1. The van der Waals surface area contributed by atoms with Gasteiger partial charge < -0.3 is 15.0 Å². The Hall–Kier alpha value is -2.74. The van der Waals surface area contributed by atoms with Gasteiger partial charge >= 0.3 is 5.97 Å². The summed E-state index contributed by atoms with van der Waals surface area (Å²) in [5, 5.41) is 4.79. The van der Waals surface area contributed by atoms with Gasteiger partial charge in [-0.05, 0) is 24.1 Å². The summed E-state index contributed by atoms with van der Waals surface area (Å²) in [5.74, 6) is -0.461. The second-order valence-electron chi connectivity index (χ2n) is 6.02. The molecule has 136 valence electrons. The minimum Gasteiger partial charge on any atom is -0.456 e. The number of thiazole rings is 1. The lowest BCUT2D eigenvalue weighted by molar-refractivity contribution is -0.128. The fourth-order valence-electron chi connectivity index (χ4n) is 2.64. The van der Waals surface area contributed by atoms with Gasteiger partial charge in [-0.2, -0.15) is 0 Å². The Labute approximate surface area is 155 Å². The number of ether oxygens (including phenoxy) is 1. The van der Waals surface area contributed by atoms with Crippen molar-refractivity contribution < 1.29 is 19.1 Å². The molecule has 0 saturated carbocycles. The van der Waals surface area contributed by atoms with Gasteiger partial charge in [-0.1, -0.05) is 12.1 Å². The Bertz CT molecular complexity index is 816. The molecule has 1 aliphatic heterocycles. The summed E-state index contributed by atoms with van der Waals surface area (Å²) in [6, 6.07) is 7.06. The lowest BCUT2D eigenvalue weighted by Crippen LogP contribution is -2.23. The number of carbonyl (C=O) groups is 3. The lowest BCUT2D eigenvalue weighted by atomic mass is 10.1. The Balaban J connectivity index is 1.52. The third-order valence-corrected chi connectivity index (χ3v) is 4.73. The van der Waals surface area contributed by atoms with Crippen LogP contribution in [-0.2, 0) is 27.5 Å².